The van der Waals surface area contributed by atoms with Crippen LogP contribution in [-0.2, 0) is 11.2 Å². The fraction of sp³-hybridized carbons (Fsp3) is 0.357. The first-order valence-corrected chi connectivity index (χ1v) is 6.71. The fourth-order valence-corrected chi connectivity index (χ4v) is 2.57. The number of aromatic nitrogens is 4. The smallest absolute Gasteiger partial charge is 0.231 e. The van der Waals surface area contributed by atoms with E-state index in [-0.39, 0.29) is 5.92 Å². The summed E-state index contributed by atoms with van der Waals surface area (Å²) in [4.78, 5) is 11.9. The third-order valence-electron chi connectivity index (χ3n) is 3.66. The molecule has 0 spiro atoms. The highest BCUT2D eigenvalue weighted by molar-refractivity contribution is 5.79. The SMILES string of the molecule is c1cnc2[nH]cc(Cc3nc([C@@H]4CCOC4)no3)c2c1. The summed E-state index contributed by atoms with van der Waals surface area (Å²) in [6, 6.07) is 3.96. The van der Waals surface area contributed by atoms with E-state index in [4.69, 9.17) is 9.26 Å². The molecule has 4 rings (SSSR count). The van der Waals surface area contributed by atoms with E-state index < -0.39 is 0 Å². The molecular weight excluding hydrogens is 256 g/mol. The van der Waals surface area contributed by atoms with Crippen LogP contribution in [0.1, 0.15) is 29.6 Å². The number of hydrogen-bond acceptors (Lipinski definition) is 5. The summed E-state index contributed by atoms with van der Waals surface area (Å²) in [5, 5.41) is 5.16. The molecule has 1 aliphatic rings. The molecule has 20 heavy (non-hydrogen) atoms. The van der Waals surface area contributed by atoms with E-state index in [1.807, 2.05) is 18.3 Å². The molecule has 0 radical (unpaired) electrons. The molecule has 0 bridgehead atoms. The topological polar surface area (TPSA) is 76.8 Å². The lowest BCUT2D eigenvalue weighted by Crippen LogP contribution is -2.00. The lowest BCUT2D eigenvalue weighted by atomic mass is 10.1. The molecule has 102 valence electrons. The normalized spacial score (nSPS) is 18.9. The minimum absolute atomic E-state index is 0.275. The zero-order valence-electron chi connectivity index (χ0n) is 10.9. The Kier molecular flexibility index (Phi) is 2.74. The van der Waals surface area contributed by atoms with E-state index in [0.717, 1.165) is 35.4 Å². The van der Waals surface area contributed by atoms with Crippen LogP contribution in [0.4, 0.5) is 0 Å². The molecule has 0 aromatic carbocycles. The highest BCUT2D eigenvalue weighted by atomic mass is 16.5. The summed E-state index contributed by atoms with van der Waals surface area (Å²) in [6.07, 6.45) is 5.30. The van der Waals surface area contributed by atoms with Crippen molar-refractivity contribution in [3.8, 4) is 0 Å². The number of ether oxygens (including phenoxy) is 1. The molecule has 0 amide bonds. The van der Waals surface area contributed by atoms with E-state index in [1.165, 1.54) is 0 Å². The van der Waals surface area contributed by atoms with Gasteiger partial charge >= 0.3 is 0 Å². The molecule has 1 aliphatic heterocycles. The van der Waals surface area contributed by atoms with Gasteiger partial charge < -0.3 is 14.2 Å². The van der Waals surface area contributed by atoms with Gasteiger partial charge in [-0.3, -0.25) is 0 Å². The van der Waals surface area contributed by atoms with Crippen LogP contribution < -0.4 is 0 Å². The Labute approximate surface area is 115 Å². The maximum absolute atomic E-state index is 5.35. The largest absolute Gasteiger partial charge is 0.381 e. The van der Waals surface area contributed by atoms with Crippen LogP contribution in [0.2, 0.25) is 0 Å². The molecule has 0 unspecified atom stereocenters. The van der Waals surface area contributed by atoms with Crippen LogP contribution in [0.5, 0.6) is 0 Å². The minimum atomic E-state index is 0.275. The first kappa shape index (κ1) is 11.6. The van der Waals surface area contributed by atoms with Gasteiger partial charge in [-0.15, -0.1) is 0 Å². The lowest BCUT2D eigenvalue weighted by molar-refractivity contribution is 0.192. The van der Waals surface area contributed by atoms with Crippen LogP contribution in [0.3, 0.4) is 0 Å². The Morgan fingerprint density at radius 3 is 3.30 bits per heavy atom. The third kappa shape index (κ3) is 1.98. The first-order chi connectivity index (χ1) is 9.90. The zero-order chi connectivity index (χ0) is 13.4. The van der Waals surface area contributed by atoms with Gasteiger partial charge in [0.1, 0.15) is 5.65 Å². The molecule has 3 aromatic rings. The van der Waals surface area contributed by atoms with Gasteiger partial charge in [0.25, 0.3) is 0 Å². The second-order valence-electron chi connectivity index (χ2n) is 5.00. The van der Waals surface area contributed by atoms with Crippen molar-refractivity contribution in [1.29, 1.82) is 0 Å². The number of pyridine rings is 1. The van der Waals surface area contributed by atoms with E-state index in [2.05, 4.69) is 20.1 Å². The van der Waals surface area contributed by atoms with Crippen LogP contribution in [0.15, 0.2) is 29.0 Å². The Balaban J connectivity index is 1.59. The van der Waals surface area contributed by atoms with E-state index in [9.17, 15) is 0 Å². The van der Waals surface area contributed by atoms with Crippen LogP contribution in [0, 0.1) is 0 Å². The van der Waals surface area contributed by atoms with Crippen LogP contribution in [0.25, 0.3) is 11.0 Å². The van der Waals surface area contributed by atoms with E-state index in [1.54, 1.807) is 6.20 Å². The quantitative estimate of drug-likeness (QED) is 0.788. The summed E-state index contributed by atoms with van der Waals surface area (Å²) >= 11 is 0. The number of nitrogens with zero attached hydrogens (tertiary/aromatic N) is 3. The van der Waals surface area contributed by atoms with Crippen molar-refractivity contribution in [2.75, 3.05) is 13.2 Å². The van der Waals surface area contributed by atoms with Crippen molar-refractivity contribution >= 4 is 11.0 Å². The van der Waals surface area contributed by atoms with E-state index >= 15 is 0 Å². The summed E-state index contributed by atoms with van der Waals surface area (Å²) in [5.74, 6) is 1.67. The van der Waals surface area contributed by atoms with Crippen molar-refractivity contribution in [2.24, 2.45) is 0 Å². The average Bonchev–Trinajstić information content (AvgIpc) is 3.19. The van der Waals surface area contributed by atoms with Crippen molar-refractivity contribution in [1.82, 2.24) is 20.1 Å². The van der Waals surface area contributed by atoms with Crippen molar-refractivity contribution < 1.29 is 9.26 Å². The van der Waals surface area contributed by atoms with E-state index in [0.29, 0.717) is 18.9 Å². The molecule has 1 atom stereocenters. The summed E-state index contributed by atoms with van der Waals surface area (Å²) < 4.78 is 10.7. The molecule has 1 fully saturated rings. The Bertz CT molecular complexity index is 727. The predicted octanol–water partition coefficient (Wildman–Crippen LogP) is 2.04. The van der Waals surface area contributed by atoms with Gasteiger partial charge in [0.2, 0.25) is 5.89 Å². The molecule has 3 aromatic heterocycles. The van der Waals surface area contributed by atoms with Gasteiger partial charge in [-0.2, -0.15) is 4.98 Å². The standard InChI is InChI=1S/C14H14N4O2/c1-2-11-10(7-16-14(11)15-4-1)6-12-17-13(18-20-12)9-3-5-19-8-9/h1-2,4,7,9H,3,5-6,8H2,(H,15,16)/t9-/m1/s1. The molecule has 1 saturated heterocycles. The number of aromatic amines is 1. The lowest BCUT2D eigenvalue weighted by Gasteiger charge is -1.97. The first-order valence-electron chi connectivity index (χ1n) is 6.71. The second-order valence-corrected chi connectivity index (χ2v) is 5.00. The van der Waals surface area contributed by atoms with Gasteiger partial charge in [0, 0.05) is 30.3 Å². The summed E-state index contributed by atoms with van der Waals surface area (Å²) in [6.45, 7) is 1.47. The number of rotatable bonds is 3. The van der Waals surface area contributed by atoms with Gasteiger partial charge in [-0.25, -0.2) is 4.98 Å². The van der Waals surface area contributed by atoms with Crippen LogP contribution >= 0.6 is 0 Å². The highest BCUT2D eigenvalue weighted by Crippen LogP contribution is 2.24. The number of hydrogen-bond donors (Lipinski definition) is 1. The third-order valence-corrected chi connectivity index (χ3v) is 3.66. The zero-order valence-corrected chi connectivity index (χ0v) is 10.9. The second kappa shape index (κ2) is 4.72. The monoisotopic (exact) mass is 270 g/mol. The summed E-state index contributed by atoms with van der Waals surface area (Å²) in [5.41, 5.74) is 2.00. The molecule has 6 nitrogen and oxygen atoms in total. The van der Waals surface area contributed by atoms with Gasteiger partial charge in [0.15, 0.2) is 5.82 Å². The highest BCUT2D eigenvalue weighted by Gasteiger charge is 2.23. The molecule has 1 N–H and O–H groups in total. The molecule has 0 saturated carbocycles. The molecule has 0 aliphatic carbocycles. The maximum Gasteiger partial charge on any atom is 0.231 e. The number of nitrogens with one attached hydrogen (secondary N) is 1. The summed E-state index contributed by atoms with van der Waals surface area (Å²) in [7, 11) is 0. The van der Waals surface area contributed by atoms with Gasteiger partial charge in [0.05, 0.1) is 13.0 Å². The Hall–Kier alpha value is -2.21. The molecule has 4 heterocycles. The predicted molar refractivity (Wildman–Crippen MR) is 71.4 cm³/mol. The van der Waals surface area contributed by atoms with Gasteiger partial charge in [-0.1, -0.05) is 5.16 Å². The Morgan fingerprint density at radius 2 is 2.40 bits per heavy atom. The fourth-order valence-electron chi connectivity index (χ4n) is 2.57. The van der Waals surface area contributed by atoms with Crippen molar-refractivity contribution in [2.45, 2.75) is 18.8 Å². The molecular formula is C14H14N4O2. The molecule has 6 heteroatoms. The maximum atomic E-state index is 5.35. The minimum Gasteiger partial charge on any atom is -0.381 e. The Morgan fingerprint density at radius 1 is 1.40 bits per heavy atom. The number of H-pyrrole nitrogens is 1. The van der Waals surface area contributed by atoms with Crippen molar-refractivity contribution in [3.63, 3.8) is 0 Å². The van der Waals surface area contributed by atoms with Crippen molar-refractivity contribution in [3.05, 3.63) is 41.8 Å². The van der Waals surface area contributed by atoms with Crippen LogP contribution in [-0.4, -0.2) is 33.3 Å². The average molecular weight is 270 g/mol. The number of fused-ring (bicyclic) bond motifs is 1. The van der Waals surface area contributed by atoms with Gasteiger partial charge in [-0.05, 0) is 24.1 Å².